The molecule has 5 rings (SSSR count). The number of rotatable bonds is 6. The van der Waals surface area contributed by atoms with E-state index in [0.29, 0.717) is 41.4 Å². The molecular formula is C27H28N4O4S. The van der Waals surface area contributed by atoms with E-state index in [0.717, 1.165) is 35.4 Å². The fourth-order valence-electron chi connectivity index (χ4n) is 4.82. The molecule has 0 spiro atoms. The Morgan fingerprint density at radius 2 is 1.94 bits per heavy atom. The SMILES string of the molecule is COCC1(NC(=O)c2cc3c(s2)-c2ncccc2N(C(=O)c2ccc(NC(C)=O)cc2)CC3)CCC1. The highest BCUT2D eigenvalue weighted by atomic mass is 32.1. The lowest BCUT2D eigenvalue weighted by molar-refractivity contribution is -0.114. The minimum Gasteiger partial charge on any atom is -0.382 e. The Morgan fingerprint density at radius 1 is 1.17 bits per heavy atom. The van der Waals surface area contributed by atoms with Crippen molar-refractivity contribution in [2.75, 3.05) is 30.5 Å². The van der Waals surface area contributed by atoms with E-state index in [-0.39, 0.29) is 23.3 Å². The van der Waals surface area contributed by atoms with Gasteiger partial charge in [-0.3, -0.25) is 19.4 Å². The number of benzene rings is 1. The van der Waals surface area contributed by atoms with Gasteiger partial charge in [0.05, 0.1) is 27.6 Å². The Morgan fingerprint density at radius 3 is 2.61 bits per heavy atom. The molecule has 0 bridgehead atoms. The van der Waals surface area contributed by atoms with Crippen molar-refractivity contribution in [3.8, 4) is 10.6 Å². The number of hydrogen-bond acceptors (Lipinski definition) is 6. The summed E-state index contributed by atoms with van der Waals surface area (Å²) in [7, 11) is 1.66. The highest BCUT2D eigenvalue weighted by Gasteiger charge is 2.39. The van der Waals surface area contributed by atoms with Gasteiger partial charge in [-0.2, -0.15) is 0 Å². The summed E-state index contributed by atoms with van der Waals surface area (Å²) in [6, 6.07) is 12.5. The zero-order valence-corrected chi connectivity index (χ0v) is 21.1. The van der Waals surface area contributed by atoms with Gasteiger partial charge in [0.2, 0.25) is 5.91 Å². The first-order valence-electron chi connectivity index (χ1n) is 12.0. The standard InChI is InChI=1S/C27H28N4O4S/c1-17(32)29-20-8-6-18(7-9-20)26(34)31-14-10-19-15-22(25(33)30-27(16-35-2)11-4-12-27)36-24(19)23-21(31)5-3-13-28-23/h3,5-9,13,15H,4,10-12,14,16H2,1-2H3,(H,29,32)(H,30,33). The van der Waals surface area contributed by atoms with Crippen molar-refractivity contribution >= 4 is 40.4 Å². The number of carbonyl (C=O) groups is 3. The second-order valence-electron chi connectivity index (χ2n) is 9.32. The van der Waals surface area contributed by atoms with Crippen molar-refractivity contribution in [3.05, 3.63) is 64.7 Å². The topological polar surface area (TPSA) is 101 Å². The average Bonchev–Trinajstić information content (AvgIpc) is 3.21. The van der Waals surface area contributed by atoms with E-state index in [1.807, 2.05) is 18.2 Å². The predicted molar refractivity (Wildman–Crippen MR) is 140 cm³/mol. The number of ether oxygens (including phenoxy) is 1. The van der Waals surface area contributed by atoms with Crippen LogP contribution in [0.3, 0.4) is 0 Å². The maximum atomic E-state index is 13.5. The van der Waals surface area contributed by atoms with Gasteiger partial charge in [0, 0.05) is 38.0 Å². The molecule has 0 radical (unpaired) electrons. The van der Waals surface area contributed by atoms with E-state index < -0.39 is 0 Å². The van der Waals surface area contributed by atoms with Crippen LogP contribution in [0.4, 0.5) is 11.4 Å². The van der Waals surface area contributed by atoms with Crippen molar-refractivity contribution in [1.29, 1.82) is 0 Å². The van der Waals surface area contributed by atoms with Gasteiger partial charge in [0.15, 0.2) is 0 Å². The number of thiophene rings is 1. The molecule has 186 valence electrons. The maximum absolute atomic E-state index is 13.5. The zero-order valence-electron chi connectivity index (χ0n) is 20.3. The Labute approximate surface area is 213 Å². The predicted octanol–water partition coefficient (Wildman–Crippen LogP) is 4.27. The summed E-state index contributed by atoms with van der Waals surface area (Å²) < 4.78 is 5.35. The van der Waals surface area contributed by atoms with Crippen molar-refractivity contribution in [2.24, 2.45) is 0 Å². The van der Waals surface area contributed by atoms with Crippen LogP contribution in [-0.2, 0) is 16.0 Å². The molecule has 1 fully saturated rings. The molecule has 3 aromatic rings. The van der Waals surface area contributed by atoms with Gasteiger partial charge in [-0.15, -0.1) is 11.3 Å². The lowest BCUT2D eigenvalue weighted by Gasteiger charge is -2.41. The molecule has 1 saturated carbocycles. The lowest BCUT2D eigenvalue weighted by Crippen LogP contribution is -2.56. The Bertz CT molecular complexity index is 1310. The normalized spacial score (nSPS) is 15.7. The fraction of sp³-hybridized carbons (Fsp3) is 0.333. The van der Waals surface area contributed by atoms with Crippen molar-refractivity contribution in [3.63, 3.8) is 0 Å². The molecule has 0 saturated heterocycles. The van der Waals surface area contributed by atoms with Gasteiger partial charge in [-0.25, -0.2) is 0 Å². The van der Waals surface area contributed by atoms with E-state index in [1.165, 1.54) is 18.3 Å². The quantitative estimate of drug-likeness (QED) is 0.522. The van der Waals surface area contributed by atoms with E-state index in [4.69, 9.17) is 4.74 Å². The molecule has 9 heteroatoms. The molecule has 0 atom stereocenters. The number of amides is 3. The first kappa shape index (κ1) is 24.1. The summed E-state index contributed by atoms with van der Waals surface area (Å²) in [6.45, 7) is 2.42. The maximum Gasteiger partial charge on any atom is 0.261 e. The third-order valence-corrected chi connectivity index (χ3v) is 7.92. The molecule has 1 aromatic carbocycles. The monoisotopic (exact) mass is 504 g/mol. The average molecular weight is 505 g/mol. The summed E-state index contributed by atoms with van der Waals surface area (Å²) in [5, 5.41) is 5.91. The Kier molecular flexibility index (Phi) is 6.59. The highest BCUT2D eigenvalue weighted by molar-refractivity contribution is 7.17. The number of fused-ring (bicyclic) bond motifs is 3. The van der Waals surface area contributed by atoms with Gasteiger partial charge in [-0.1, -0.05) is 0 Å². The van der Waals surface area contributed by atoms with Gasteiger partial charge in [-0.05, 0) is 73.7 Å². The highest BCUT2D eigenvalue weighted by Crippen LogP contribution is 2.41. The molecule has 1 aliphatic carbocycles. The summed E-state index contributed by atoms with van der Waals surface area (Å²) in [5.74, 6) is -0.393. The van der Waals surface area contributed by atoms with Crippen LogP contribution in [0, 0.1) is 0 Å². The molecule has 3 amide bonds. The summed E-state index contributed by atoms with van der Waals surface area (Å²) >= 11 is 1.42. The molecule has 3 heterocycles. The third-order valence-electron chi connectivity index (χ3n) is 6.74. The van der Waals surface area contributed by atoms with E-state index in [2.05, 4.69) is 15.6 Å². The second kappa shape index (κ2) is 9.83. The number of hydrogen-bond donors (Lipinski definition) is 2. The number of nitrogens with zero attached hydrogens (tertiary/aromatic N) is 2. The Hall–Kier alpha value is -3.56. The van der Waals surface area contributed by atoms with Crippen molar-refractivity contribution in [2.45, 2.75) is 38.1 Å². The molecule has 0 unspecified atom stereocenters. The smallest absolute Gasteiger partial charge is 0.261 e. The lowest BCUT2D eigenvalue weighted by atomic mass is 9.77. The number of nitrogens with one attached hydrogen (secondary N) is 2. The molecule has 2 N–H and O–H groups in total. The number of pyridine rings is 1. The van der Waals surface area contributed by atoms with Gasteiger partial charge >= 0.3 is 0 Å². The zero-order chi connectivity index (χ0) is 25.3. The largest absolute Gasteiger partial charge is 0.382 e. The van der Waals surface area contributed by atoms with Gasteiger partial charge in [0.1, 0.15) is 5.69 Å². The van der Waals surface area contributed by atoms with Gasteiger partial charge < -0.3 is 20.3 Å². The van der Waals surface area contributed by atoms with Crippen LogP contribution in [-0.4, -0.2) is 48.5 Å². The van der Waals surface area contributed by atoms with Crippen LogP contribution >= 0.6 is 11.3 Å². The van der Waals surface area contributed by atoms with E-state index >= 15 is 0 Å². The van der Waals surface area contributed by atoms with Crippen molar-refractivity contribution < 1.29 is 19.1 Å². The molecule has 2 aromatic heterocycles. The third kappa shape index (κ3) is 4.64. The van der Waals surface area contributed by atoms with Gasteiger partial charge in [0.25, 0.3) is 11.8 Å². The molecular weight excluding hydrogens is 476 g/mol. The van der Waals surface area contributed by atoms with Crippen LogP contribution in [0.5, 0.6) is 0 Å². The van der Waals surface area contributed by atoms with E-state index in [9.17, 15) is 14.4 Å². The fourth-order valence-corrected chi connectivity index (χ4v) is 5.93. The summed E-state index contributed by atoms with van der Waals surface area (Å²) in [5.41, 5.74) is 3.31. The van der Waals surface area contributed by atoms with Crippen LogP contribution in [0.2, 0.25) is 0 Å². The first-order valence-corrected chi connectivity index (χ1v) is 12.8. The molecule has 8 nitrogen and oxygen atoms in total. The number of anilines is 2. The van der Waals surface area contributed by atoms with E-state index in [1.54, 1.807) is 42.5 Å². The number of methoxy groups -OCH3 is 1. The minimum atomic E-state index is -0.276. The van der Waals surface area contributed by atoms with Crippen LogP contribution in [0.25, 0.3) is 10.6 Å². The second-order valence-corrected chi connectivity index (χ2v) is 10.4. The number of carbonyl (C=O) groups excluding carboxylic acids is 3. The first-order chi connectivity index (χ1) is 17.4. The minimum absolute atomic E-state index is 0.0884. The van der Waals surface area contributed by atoms with Crippen molar-refractivity contribution in [1.82, 2.24) is 10.3 Å². The Balaban J connectivity index is 1.41. The summed E-state index contributed by atoms with van der Waals surface area (Å²) in [6.07, 6.45) is 5.24. The van der Waals surface area contributed by atoms with Crippen LogP contribution in [0.15, 0.2) is 48.7 Å². The number of aromatic nitrogens is 1. The molecule has 36 heavy (non-hydrogen) atoms. The molecule has 1 aliphatic heterocycles. The van der Waals surface area contributed by atoms with Crippen LogP contribution in [0.1, 0.15) is 51.8 Å². The van der Waals surface area contributed by atoms with Crippen LogP contribution < -0.4 is 15.5 Å². The molecule has 2 aliphatic rings. The summed E-state index contributed by atoms with van der Waals surface area (Å²) in [4.78, 5) is 45.8.